The summed E-state index contributed by atoms with van der Waals surface area (Å²) < 4.78 is 32.0. The number of hydrogen-bond donors (Lipinski definition) is 1. The Bertz CT molecular complexity index is 825. The van der Waals surface area contributed by atoms with Gasteiger partial charge in [-0.25, -0.2) is 8.42 Å². The molecule has 1 aliphatic rings. The van der Waals surface area contributed by atoms with E-state index < -0.39 is 10.0 Å². The van der Waals surface area contributed by atoms with E-state index in [1.807, 2.05) is 24.3 Å². The number of nitrogens with zero attached hydrogens (tertiary/aromatic N) is 1. The lowest BCUT2D eigenvalue weighted by atomic mass is 9.97. The van der Waals surface area contributed by atoms with Crippen molar-refractivity contribution < 1.29 is 17.9 Å². The molecule has 1 aromatic heterocycles. The number of rotatable bonds is 6. The first-order valence-corrected chi connectivity index (χ1v) is 10.7. The second kappa shape index (κ2) is 8.30. The average molecular weight is 395 g/mol. The Morgan fingerprint density at radius 2 is 1.92 bits per heavy atom. The zero-order chi connectivity index (χ0) is 18.6. The molecule has 0 spiro atoms. The van der Waals surface area contributed by atoms with Crippen molar-refractivity contribution in [3.63, 3.8) is 0 Å². The Morgan fingerprint density at radius 3 is 2.50 bits per heavy atom. The van der Waals surface area contributed by atoms with Crippen LogP contribution in [0.1, 0.15) is 18.4 Å². The van der Waals surface area contributed by atoms with E-state index >= 15 is 0 Å². The number of sulfonamides is 1. The van der Waals surface area contributed by atoms with E-state index in [0.29, 0.717) is 36.7 Å². The SMILES string of the molecule is COCc1ccc(NC(=O)C2CCN(S(=O)(=O)c3cccs3)CC2)cc1. The zero-order valence-corrected chi connectivity index (χ0v) is 16.2. The van der Waals surface area contributed by atoms with Crippen LogP contribution in [0.4, 0.5) is 5.69 Å². The van der Waals surface area contributed by atoms with Crippen LogP contribution in [-0.4, -0.2) is 38.8 Å². The van der Waals surface area contributed by atoms with Crippen LogP contribution in [-0.2, 0) is 26.2 Å². The predicted octanol–water partition coefficient (Wildman–Crippen LogP) is 2.93. The molecule has 2 heterocycles. The predicted molar refractivity (Wildman–Crippen MR) is 102 cm³/mol. The van der Waals surface area contributed by atoms with Gasteiger partial charge in [-0.3, -0.25) is 4.79 Å². The molecule has 1 fully saturated rings. The Balaban J connectivity index is 1.55. The van der Waals surface area contributed by atoms with E-state index in [1.54, 1.807) is 24.6 Å². The second-order valence-corrected chi connectivity index (χ2v) is 9.34. The van der Waals surface area contributed by atoms with Crippen LogP contribution in [0.3, 0.4) is 0 Å². The molecule has 0 atom stereocenters. The lowest BCUT2D eigenvalue weighted by Gasteiger charge is -2.30. The summed E-state index contributed by atoms with van der Waals surface area (Å²) in [6, 6.07) is 10.9. The molecule has 1 amide bonds. The standard InChI is InChI=1S/C18H22N2O4S2/c1-24-13-14-4-6-16(7-5-14)19-18(21)15-8-10-20(11-9-15)26(22,23)17-3-2-12-25-17/h2-7,12,15H,8-11,13H2,1H3,(H,19,21). The van der Waals surface area contributed by atoms with Gasteiger partial charge in [-0.15, -0.1) is 11.3 Å². The second-order valence-electron chi connectivity index (χ2n) is 6.23. The van der Waals surface area contributed by atoms with Crippen LogP contribution in [0.15, 0.2) is 46.0 Å². The molecule has 0 aliphatic carbocycles. The Hall–Kier alpha value is -1.74. The normalized spacial score (nSPS) is 16.5. The molecule has 6 nitrogen and oxygen atoms in total. The third kappa shape index (κ3) is 4.32. The van der Waals surface area contributed by atoms with Gasteiger partial charge in [0.15, 0.2) is 0 Å². The summed E-state index contributed by atoms with van der Waals surface area (Å²) in [6.45, 7) is 1.27. The summed E-state index contributed by atoms with van der Waals surface area (Å²) >= 11 is 1.22. The fourth-order valence-corrected chi connectivity index (χ4v) is 5.61. The fourth-order valence-electron chi connectivity index (χ4n) is 2.99. The van der Waals surface area contributed by atoms with Crippen molar-refractivity contribution in [3.8, 4) is 0 Å². The van der Waals surface area contributed by atoms with Crippen LogP contribution < -0.4 is 5.32 Å². The highest BCUT2D eigenvalue weighted by Gasteiger charge is 2.32. The van der Waals surface area contributed by atoms with Crippen LogP contribution in [0, 0.1) is 5.92 Å². The smallest absolute Gasteiger partial charge is 0.252 e. The van der Waals surface area contributed by atoms with E-state index in [2.05, 4.69) is 5.32 Å². The maximum Gasteiger partial charge on any atom is 0.252 e. The first-order chi connectivity index (χ1) is 12.5. The summed E-state index contributed by atoms with van der Waals surface area (Å²) in [5.74, 6) is -0.235. The van der Waals surface area contributed by atoms with E-state index in [0.717, 1.165) is 11.3 Å². The minimum atomic E-state index is -3.43. The molecule has 1 N–H and O–H groups in total. The molecule has 8 heteroatoms. The number of thiophene rings is 1. The van der Waals surface area contributed by atoms with Crippen molar-refractivity contribution >= 4 is 33.0 Å². The van der Waals surface area contributed by atoms with Crippen molar-refractivity contribution in [1.29, 1.82) is 0 Å². The number of carbonyl (C=O) groups excluding carboxylic acids is 1. The Kier molecular flexibility index (Phi) is 6.08. The molecule has 0 radical (unpaired) electrons. The fraction of sp³-hybridized carbons (Fsp3) is 0.389. The van der Waals surface area contributed by atoms with Crippen LogP contribution in [0.25, 0.3) is 0 Å². The van der Waals surface area contributed by atoms with E-state index in [4.69, 9.17) is 4.74 Å². The number of amides is 1. The number of piperidine rings is 1. The van der Waals surface area contributed by atoms with Crippen LogP contribution in [0.5, 0.6) is 0 Å². The summed E-state index contributed by atoms with van der Waals surface area (Å²) in [5.41, 5.74) is 1.78. The molecule has 2 aromatic rings. The van der Waals surface area contributed by atoms with Crippen LogP contribution in [0.2, 0.25) is 0 Å². The molecule has 0 bridgehead atoms. The van der Waals surface area contributed by atoms with Crippen molar-refractivity contribution in [2.45, 2.75) is 23.7 Å². The molecule has 3 rings (SSSR count). The van der Waals surface area contributed by atoms with Gasteiger partial charge in [-0.1, -0.05) is 18.2 Å². The zero-order valence-electron chi connectivity index (χ0n) is 14.6. The summed E-state index contributed by atoms with van der Waals surface area (Å²) in [4.78, 5) is 12.5. The lowest BCUT2D eigenvalue weighted by molar-refractivity contribution is -0.120. The van der Waals surface area contributed by atoms with Crippen molar-refractivity contribution in [3.05, 3.63) is 47.3 Å². The molecule has 1 aromatic carbocycles. The minimum absolute atomic E-state index is 0.0577. The van der Waals surface area contributed by atoms with Crippen molar-refractivity contribution in [1.82, 2.24) is 4.31 Å². The van der Waals surface area contributed by atoms with Gasteiger partial charge >= 0.3 is 0 Å². The molecule has 0 saturated carbocycles. The Morgan fingerprint density at radius 1 is 1.23 bits per heavy atom. The number of methoxy groups -OCH3 is 1. The molecular formula is C18H22N2O4S2. The number of nitrogens with one attached hydrogen (secondary N) is 1. The molecule has 0 unspecified atom stereocenters. The van der Waals surface area contributed by atoms with Gasteiger partial charge in [0.2, 0.25) is 5.91 Å². The highest BCUT2D eigenvalue weighted by atomic mass is 32.2. The molecule has 1 aliphatic heterocycles. The first kappa shape index (κ1) is 19.0. The van der Waals surface area contributed by atoms with Gasteiger partial charge in [-0.05, 0) is 42.0 Å². The summed E-state index contributed by atoms with van der Waals surface area (Å²) in [5, 5.41) is 4.67. The van der Waals surface area contributed by atoms with Gasteiger partial charge in [0.25, 0.3) is 10.0 Å². The van der Waals surface area contributed by atoms with Gasteiger partial charge in [0, 0.05) is 31.8 Å². The highest BCUT2D eigenvalue weighted by molar-refractivity contribution is 7.91. The summed E-state index contributed by atoms with van der Waals surface area (Å²) in [6.07, 6.45) is 1.05. The molecule has 26 heavy (non-hydrogen) atoms. The maximum atomic E-state index is 12.5. The quantitative estimate of drug-likeness (QED) is 0.817. The van der Waals surface area contributed by atoms with Crippen molar-refractivity contribution in [2.75, 3.05) is 25.5 Å². The number of benzene rings is 1. The minimum Gasteiger partial charge on any atom is -0.380 e. The van der Waals surface area contributed by atoms with Gasteiger partial charge in [-0.2, -0.15) is 4.31 Å². The van der Waals surface area contributed by atoms with E-state index in [9.17, 15) is 13.2 Å². The number of carbonyl (C=O) groups is 1. The summed E-state index contributed by atoms with van der Waals surface area (Å²) in [7, 11) is -1.79. The third-order valence-corrected chi connectivity index (χ3v) is 7.72. The largest absolute Gasteiger partial charge is 0.380 e. The first-order valence-electron chi connectivity index (χ1n) is 8.43. The average Bonchev–Trinajstić information content (AvgIpc) is 3.19. The molecule has 1 saturated heterocycles. The van der Waals surface area contributed by atoms with Crippen molar-refractivity contribution in [2.24, 2.45) is 5.92 Å². The lowest BCUT2D eigenvalue weighted by Crippen LogP contribution is -2.41. The molecule has 140 valence electrons. The van der Waals surface area contributed by atoms with Crippen LogP contribution >= 0.6 is 11.3 Å². The highest BCUT2D eigenvalue weighted by Crippen LogP contribution is 2.27. The third-order valence-electron chi connectivity index (χ3n) is 4.45. The van der Waals surface area contributed by atoms with E-state index in [1.165, 1.54) is 15.6 Å². The number of hydrogen-bond acceptors (Lipinski definition) is 5. The Labute approximate surface area is 157 Å². The number of ether oxygens (including phenoxy) is 1. The van der Waals surface area contributed by atoms with E-state index in [-0.39, 0.29) is 11.8 Å². The maximum absolute atomic E-state index is 12.5. The molecular weight excluding hydrogens is 372 g/mol. The topological polar surface area (TPSA) is 75.7 Å². The van der Waals surface area contributed by atoms with Gasteiger partial charge in [0.1, 0.15) is 4.21 Å². The van der Waals surface area contributed by atoms with Gasteiger partial charge < -0.3 is 10.1 Å². The van der Waals surface area contributed by atoms with Gasteiger partial charge in [0.05, 0.1) is 6.61 Å². The number of anilines is 1. The monoisotopic (exact) mass is 394 g/mol.